The van der Waals surface area contributed by atoms with Crippen molar-refractivity contribution >= 4 is 38.1 Å². The third-order valence-electron chi connectivity index (χ3n) is 6.43. The fourth-order valence-corrected chi connectivity index (χ4v) is 6.18. The number of nitriles is 1. The van der Waals surface area contributed by atoms with Crippen LogP contribution in [0.15, 0.2) is 72.9 Å². The fraction of sp³-hybridized carbons (Fsp3) is 0.179. The van der Waals surface area contributed by atoms with E-state index in [1.807, 2.05) is 61.5 Å². The highest BCUT2D eigenvalue weighted by atomic mass is 32.2. The number of nitrogens with one attached hydrogen (secondary N) is 1. The van der Waals surface area contributed by atoms with Crippen molar-refractivity contribution in [3.63, 3.8) is 0 Å². The SMILES string of the molecule is Cc1ccc(NC(=O)c2ccc(N3CCCCS3(=O)=O)cc2C#N)cc1-c1nccc2ccccc12. The van der Waals surface area contributed by atoms with Gasteiger partial charge in [0.1, 0.15) is 6.07 Å². The van der Waals surface area contributed by atoms with E-state index in [-0.39, 0.29) is 16.9 Å². The van der Waals surface area contributed by atoms with Gasteiger partial charge in [-0.05, 0) is 67.1 Å². The first kappa shape index (κ1) is 23.5. The standard InChI is InChI=1S/C28H24N4O3S/c1-19-8-9-22(17-26(19)27-24-7-3-2-6-20(24)12-13-30-27)31-28(33)25-11-10-23(16-21(25)18-29)32-14-4-5-15-36(32,34)35/h2-3,6-13,16-17H,4-5,14-15H2,1H3,(H,31,33). The van der Waals surface area contributed by atoms with Crippen LogP contribution in [0.2, 0.25) is 0 Å². The second-order valence-corrected chi connectivity index (χ2v) is 10.8. The maximum absolute atomic E-state index is 13.1. The van der Waals surface area contributed by atoms with Gasteiger partial charge in [0, 0.05) is 29.4 Å². The predicted molar refractivity (Wildman–Crippen MR) is 141 cm³/mol. The molecule has 0 bridgehead atoms. The molecule has 1 aromatic heterocycles. The zero-order valence-corrected chi connectivity index (χ0v) is 20.5. The smallest absolute Gasteiger partial charge is 0.257 e. The molecule has 7 nitrogen and oxygen atoms in total. The lowest BCUT2D eigenvalue weighted by Gasteiger charge is -2.28. The molecule has 1 aliphatic rings. The summed E-state index contributed by atoms with van der Waals surface area (Å²) in [5.41, 5.74) is 4.02. The maximum atomic E-state index is 13.1. The summed E-state index contributed by atoms with van der Waals surface area (Å²) >= 11 is 0. The molecule has 36 heavy (non-hydrogen) atoms. The number of sulfonamides is 1. The van der Waals surface area contributed by atoms with E-state index in [1.165, 1.54) is 16.4 Å². The number of fused-ring (bicyclic) bond motifs is 1. The molecule has 8 heteroatoms. The number of nitrogens with zero attached hydrogens (tertiary/aromatic N) is 3. The van der Waals surface area contributed by atoms with E-state index in [4.69, 9.17) is 0 Å². The van der Waals surface area contributed by atoms with Crippen molar-refractivity contribution in [2.24, 2.45) is 0 Å². The van der Waals surface area contributed by atoms with Gasteiger partial charge >= 0.3 is 0 Å². The fourth-order valence-electron chi connectivity index (χ4n) is 4.54. The third kappa shape index (κ3) is 4.41. The van der Waals surface area contributed by atoms with Crippen LogP contribution >= 0.6 is 0 Å². The molecular weight excluding hydrogens is 472 g/mol. The summed E-state index contributed by atoms with van der Waals surface area (Å²) in [4.78, 5) is 17.7. The number of rotatable bonds is 4. The average Bonchev–Trinajstić information content (AvgIpc) is 2.89. The molecule has 0 atom stereocenters. The van der Waals surface area contributed by atoms with Crippen molar-refractivity contribution in [3.05, 3.63) is 89.6 Å². The van der Waals surface area contributed by atoms with E-state index in [1.54, 1.807) is 12.3 Å². The van der Waals surface area contributed by atoms with Crippen LogP contribution in [0.4, 0.5) is 11.4 Å². The quantitative estimate of drug-likeness (QED) is 0.415. The summed E-state index contributed by atoms with van der Waals surface area (Å²) in [5.74, 6) is -0.362. The van der Waals surface area contributed by atoms with Crippen LogP contribution in [0, 0.1) is 18.3 Å². The number of pyridine rings is 1. The molecule has 0 saturated carbocycles. The van der Waals surface area contributed by atoms with Crippen molar-refractivity contribution in [3.8, 4) is 17.3 Å². The lowest BCUT2D eigenvalue weighted by Crippen LogP contribution is -2.37. The number of hydrogen-bond donors (Lipinski definition) is 1. The van der Waals surface area contributed by atoms with Gasteiger partial charge in [-0.25, -0.2) is 8.42 Å². The number of carbonyl (C=O) groups is 1. The molecule has 1 amide bonds. The van der Waals surface area contributed by atoms with E-state index >= 15 is 0 Å². The van der Waals surface area contributed by atoms with Crippen LogP contribution in [0.1, 0.15) is 34.3 Å². The monoisotopic (exact) mass is 496 g/mol. The highest BCUT2D eigenvalue weighted by Gasteiger charge is 2.27. The summed E-state index contributed by atoms with van der Waals surface area (Å²) in [6, 6.07) is 22.2. The van der Waals surface area contributed by atoms with Gasteiger partial charge in [0.05, 0.1) is 28.3 Å². The molecule has 3 aromatic carbocycles. The highest BCUT2D eigenvalue weighted by molar-refractivity contribution is 7.92. The zero-order valence-electron chi connectivity index (χ0n) is 19.7. The van der Waals surface area contributed by atoms with Crippen LogP contribution < -0.4 is 9.62 Å². The summed E-state index contributed by atoms with van der Waals surface area (Å²) in [6.45, 7) is 2.36. The van der Waals surface area contributed by atoms with Gasteiger partial charge in [-0.2, -0.15) is 5.26 Å². The molecule has 4 aromatic rings. The minimum Gasteiger partial charge on any atom is -0.322 e. The molecule has 180 valence electrons. The van der Waals surface area contributed by atoms with Crippen molar-refractivity contribution < 1.29 is 13.2 Å². The van der Waals surface area contributed by atoms with Crippen LogP contribution in [-0.4, -0.2) is 31.6 Å². The van der Waals surface area contributed by atoms with Crippen molar-refractivity contribution in [1.82, 2.24) is 4.98 Å². The number of benzene rings is 3. The molecule has 1 N–H and O–H groups in total. The van der Waals surface area contributed by atoms with Gasteiger partial charge in [-0.1, -0.05) is 30.3 Å². The molecule has 1 saturated heterocycles. The first-order valence-corrected chi connectivity index (χ1v) is 13.3. The first-order valence-electron chi connectivity index (χ1n) is 11.7. The Morgan fingerprint density at radius 1 is 1.06 bits per heavy atom. The Kier molecular flexibility index (Phi) is 6.17. The van der Waals surface area contributed by atoms with Crippen LogP contribution in [0.3, 0.4) is 0 Å². The van der Waals surface area contributed by atoms with Gasteiger partial charge in [-0.15, -0.1) is 0 Å². The number of aromatic nitrogens is 1. The Hall–Kier alpha value is -4.22. The Morgan fingerprint density at radius 3 is 2.69 bits per heavy atom. The average molecular weight is 497 g/mol. The predicted octanol–water partition coefficient (Wildman–Crippen LogP) is 5.26. The summed E-state index contributed by atoms with van der Waals surface area (Å²) in [7, 11) is -3.42. The maximum Gasteiger partial charge on any atom is 0.257 e. The number of amides is 1. The largest absolute Gasteiger partial charge is 0.322 e. The van der Waals surface area contributed by atoms with E-state index in [0.717, 1.165) is 34.0 Å². The minimum atomic E-state index is -3.42. The molecular formula is C28H24N4O3S. The molecule has 5 rings (SSSR count). The minimum absolute atomic E-state index is 0.0818. The van der Waals surface area contributed by atoms with E-state index in [2.05, 4.69) is 10.3 Å². The van der Waals surface area contributed by atoms with Gasteiger partial charge < -0.3 is 5.32 Å². The Morgan fingerprint density at radius 2 is 1.89 bits per heavy atom. The second kappa shape index (κ2) is 9.44. The molecule has 2 heterocycles. The number of aryl methyl sites for hydroxylation is 1. The number of anilines is 2. The molecule has 0 aliphatic carbocycles. The Bertz CT molecular complexity index is 1640. The van der Waals surface area contributed by atoms with E-state index in [9.17, 15) is 18.5 Å². The van der Waals surface area contributed by atoms with Gasteiger partial charge in [-0.3, -0.25) is 14.1 Å². The van der Waals surface area contributed by atoms with Crippen LogP contribution in [0.5, 0.6) is 0 Å². The normalized spacial score (nSPS) is 14.8. The van der Waals surface area contributed by atoms with Crippen molar-refractivity contribution in [2.75, 3.05) is 21.9 Å². The van der Waals surface area contributed by atoms with Crippen LogP contribution in [-0.2, 0) is 10.0 Å². The zero-order chi connectivity index (χ0) is 25.3. The Labute approximate surface area is 210 Å². The summed E-state index contributed by atoms with van der Waals surface area (Å²) in [6.07, 6.45) is 3.15. The number of hydrogen-bond acceptors (Lipinski definition) is 5. The molecule has 0 unspecified atom stereocenters. The van der Waals surface area contributed by atoms with Gasteiger partial charge in [0.15, 0.2) is 0 Å². The van der Waals surface area contributed by atoms with Gasteiger partial charge in [0.25, 0.3) is 5.91 Å². The highest BCUT2D eigenvalue weighted by Crippen LogP contribution is 2.31. The summed E-state index contributed by atoms with van der Waals surface area (Å²) in [5, 5.41) is 14.7. The van der Waals surface area contributed by atoms with Crippen LogP contribution in [0.25, 0.3) is 22.0 Å². The first-order chi connectivity index (χ1) is 17.4. The summed E-state index contributed by atoms with van der Waals surface area (Å²) < 4.78 is 26.2. The lowest BCUT2D eigenvalue weighted by atomic mass is 9.99. The molecule has 1 fully saturated rings. The molecule has 1 aliphatic heterocycles. The third-order valence-corrected chi connectivity index (χ3v) is 8.30. The molecule has 0 radical (unpaired) electrons. The van der Waals surface area contributed by atoms with E-state index < -0.39 is 15.9 Å². The second-order valence-electron chi connectivity index (χ2n) is 8.80. The topological polar surface area (TPSA) is 103 Å². The lowest BCUT2D eigenvalue weighted by molar-refractivity contribution is 0.102. The van der Waals surface area contributed by atoms with Crippen molar-refractivity contribution in [2.45, 2.75) is 19.8 Å². The van der Waals surface area contributed by atoms with E-state index in [0.29, 0.717) is 24.3 Å². The van der Waals surface area contributed by atoms with Crippen molar-refractivity contribution in [1.29, 1.82) is 5.26 Å². The molecule has 0 spiro atoms. The Balaban J connectivity index is 1.46. The number of carbonyl (C=O) groups excluding carboxylic acids is 1. The van der Waals surface area contributed by atoms with Gasteiger partial charge in [0.2, 0.25) is 10.0 Å².